The van der Waals surface area contributed by atoms with Gasteiger partial charge in [-0.25, -0.2) is 0 Å². The third-order valence-corrected chi connectivity index (χ3v) is 2.33. The van der Waals surface area contributed by atoms with Gasteiger partial charge in [-0.1, -0.05) is 24.3 Å². The average Bonchev–Trinajstić information content (AvgIpc) is 3.00. The van der Waals surface area contributed by atoms with Gasteiger partial charge in [-0.3, -0.25) is 0 Å². The maximum atomic E-state index is 3.22. The van der Waals surface area contributed by atoms with Crippen molar-refractivity contribution in [1.29, 1.82) is 0 Å². The molecule has 0 aromatic heterocycles. The molecule has 3 rings (SSSR count). The van der Waals surface area contributed by atoms with Crippen LogP contribution >= 0.6 is 0 Å². The van der Waals surface area contributed by atoms with Gasteiger partial charge in [0, 0.05) is 26.2 Å². The van der Waals surface area contributed by atoms with Crippen LogP contribution in [0.15, 0.2) is 24.3 Å². The van der Waals surface area contributed by atoms with Crippen molar-refractivity contribution in [3.8, 4) is 0 Å². The molecule has 0 bridgehead atoms. The van der Waals surface area contributed by atoms with E-state index in [1.165, 1.54) is 17.5 Å². The van der Waals surface area contributed by atoms with Crippen LogP contribution in [0.3, 0.4) is 0 Å². The van der Waals surface area contributed by atoms with E-state index in [2.05, 4.69) is 34.9 Å². The molecule has 2 nitrogen and oxygen atoms in total. The smallest absolute Gasteiger partial charge is 0.00772 e. The van der Waals surface area contributed by atoms with Gasteiger partial charge in [-0.2, -0.15) is 0 Å². The summed E-state index contributed by atoms with van der Waals surface area (Å²) in [7, 11) is 0. The SMILES string of the molecule is C1CNCCN1.c1ccc2c(c1)C2. The normalized spacial score (nSPS) is 18.2. The Bertz CT molecular complexity index is 234. The standard InChI is InChI=1S/C7H6.C4H10N2/c1-2-4-7-5-6(7)3-1;1-2-6-4-3-5-1/h1-4H,5H2;5-6H,1-4H2. The first kappa shape index (κ1) is 8.73. The Morgan fingerprint density at radius 2 is 1.23 bits per heavy atom. The summed E-state index contributed by atoms with van der Waals surface area (Å²) >= 11 is 0. The number of benzene rings is 1. The Balaban J connectivity index is 0.000000102. The minimum Gasteiger partial charge on any atom is -0.314 e. The van der Waals surface area contributed by atoms with Crippen LogP contribution in [0.1, 0.15) is 11.1 Å². The van der Waals surface area contributed by atoms with Crippen molar-refractivity contribution >= 4 is 0 Å². The molecular weight excluding hydrogens is 160 g/mol. The number of nitrogens with one attached hydrogen (secondary N) is 2. The minimum atomic E-state index is 1.14. The summed E-state index contributed by atoms with van der Waals surface area (Å²) in [5.74, 6) is 0. The molecule has 1 aliphatic heterocycles. The minimum absolute atomic E-state index is 1.14. The van der Waals surface area contributed by atoms with Crippen molar-refractivity contribution < 1.29 is 0 Å². The van der Waals surface area contributed by atoms with E-state index in [0.29, 0.717) is 0 Å². The van der Waals surface area contributed by atoms with E-state index in [-0.39, 0.29) is 0 Å². The zero-order valence-corrected chi connectivity index (χ0v) is 7.84. The summed E-state index contributed by atoms with van der Waals surface area (Å²) in [4.78, 5) is 0. The summed E-state index contributed by atoms with van der Waals surface area (Å²) in [6, 6.07) is 8.53. The molecule has 2 N–H and O–H groups in total. The van der Waals surface area contributed by atoms with Gasteiger partial charge in [-0.15, -0.1) is 0 Å². The monoisotopic (exact) mass is 176 g/mol. The highest BCUT2D eigenvalue weighted by molar-refractivity contribution is 5.44. The quantitative estimate of drug-likeness (QED) is 0.619. The van der Waals surface area contributed by atoms with Crippen LogP contribution in [0, 0.1) is 0 Å². The van der Waals surface area contributed by atoms with Crippen LogP contribution in [0.25, 0.3) is 0 Å². The van der Waals surface area contributed by atoms with Crippen molar-refractivity contribution in [2.45, 2.75) is 6.42 Å². The summed E-state index contributed by atoms with van der Waals surface area (Å²) in [5, 5.41) is 6.44. The van der Waals surface area contributed by atoms with Gasteiger partial charge in [0.15, 0.2) is 0 Å². The molecule has 0 atom stereocenters. The lowest BCUT2D eigenvalue weighted by Gasteiger charge is -2.11. The Hall–Kier alpha value is -0.860. The highest BCUT2D eigenvalue weighted by Gasteiger charge is 2.12. The van der Waals surface area contributed by atoms with Gasteiger partial charge in [0.1, 0.15) is 0 Å². The van der Waals surface area contributed by atoms with Gasteiger partial charge in [-0.05, 0) is 17.5 Å². The molecule has 2 aliphatic rings. The Kier molecular flexibility index (Phi) is 2.95. The topological polar surface area (TPSA) is 24.1 Å². The number of hydrogen-bond acceptors (Lipinski definition) is 2. The molecule has 0 spiro atoms. The van der Waals surface area contributed by atoms with Crippen molar-refractivity contribution in [3.05, 3.63) is 35.4 Å². The van der Waals surface area contributed by atoms with Crippen LogP contribution in [-0.4, -0.2) is 26.2 Å². The second kappa shape index (κ2) is 4.40. The first-order valence-corrected chi connectivity index (χ1v) is 4.95. The van der Waals surface area contributed by atoms with Crippen molar-refractivity contribution in [3.63, 3.8) is 0 Å². The van der Waals surface area contributed by atoms with E-state index in [0.717, 1.165) is 26.2 Å². The first-order valence-electron chi connectivity index (χ1n) is 4.95. The Labute approximate surface area is 79.4 Å². The molecule has 0 radical (unpaired) electrons. The van der Waals surface area contributed by atoms with Crippen molar-refractivity contribution in [1.82, 2.24) is 10.6 Å². The zero-order chi connectivity index (χ0) is 8.93. The second-order valence-electron chi connectivity index (χ2n) is 3.45. The fourth-order valence-electron chi connectivity index (χ4n) is 1.44. The molecule has 1 aromatic carbocycles. The second-order valence-corrected chi connectivity index (χ2v) is 3.45. The van der Waals surface area contributed by atoms with Gasteiger partial charge in [0.05, 0.1) is 0 Å². The summed E-state index contributed by atoms with van der Waals surface area (Å²) in [6.07, 6.45) is 1.24. The molecule has 1 heterocycles. The molecular formula is C11H16N2. The Morgan fingerprint density at radius 1 is 0.769 bits per heavy atom. The number of piperazine rings is 1. The maximum absolute atomic E-state index is 3.22. The summed E-state index contributed by atoms with van der Waals surface area (Å²) in [5.41, 5.74) is 3.06. The maximum Gasteiger partial charge on any atom is 0.00772 e. The zero-order valence-electron chi connectivity index (χ0n) is 7.84. The molecule has 0 saturated carbocycles. The van der Waals surface area contributed by atoms with E-state index < -0.39 is 0 Å². The van der Waals surface area contributed by atoms with E-state index >= 15 is 0 Å². The van der Waals surface area contributed by atoms with E-state index in [1.807, 2.05) is 0 Å². The molecule has 13 heavy (non-hydrogen) atoms. The van der Waals surface area contributed by atoms with Crippen LogP contribution in [0.4, 0.5) is 0 Å². The molecule has 2 heteroatoms. The predicted octanol–water partition coefficient (Wildman–Crippen LogP) is 0.770. The fourth-order valence-corrected chi connectivity index (χ4v) is 1.44. The van der Waals surface area contributed by atoms with E-state index in [4.69, 9.17) is 0 Å². The average molecular weight is 176 g/mol. The summed E-state index contributed by atoms with van der Waals surface area (Å²) < 4.78 is 0. The van der Waals surface area contributed by atoms with Crippen LogP contribution in [-0.2, 0) is 6.42 Å². The van der Waals surface area contributed by atoms with Crippen LogP contribution in [0.2, 0.25) is 0 Å². The molecule has 0 unspecified atom stereocenters. The fraction of sp³-hybridized carbons (Fsp3) is 0.455. The highest BCUT2D eigenvalue weighted by atomic mass is 15.0. The van der Waals surface area contributed by atoms with Crippen molar-refractivity contribution in [2.24, 2.45) is 0 Å². The number of fused-ring (bicyclic) bond motifs is 1. The third kappa shape index (κ3) is 2.83. The molecule has 1 fully saturated rings. The predicted molar refractivity (Wildman–Crippen MR) is 55.0 cm³/mol. The van der Waals surface area contributed by atoms with Gasteiger partial charge in [0.25, 0.3) is 0 Å². The highest BCUT2D eigenvalue weighted by Crippen LogP contribution is 2.25. The van der Waals surface area contributed by atoms with Gasteiger partial charge >= 0.3 is 0 Å². The summed E-state index contributed by atoms with van der Waals surface area (Å²) in [6.45, 7) is 4.56. The van der Waals surface area contributed by atoms with Crippen LogP contribution < -0.4 is 10.6 Å². The third-order valence-electron chi connectivity index (χ3n) is 2.33. The van der Waals surface area contributed by atoms with Crippen LogP contribution in [0.5, 0.6) is 0 Å². The molecule has 1 aromatic rings. The lowest BCUT2D eigenvalue weighted by molar-refractivity contribution is 0.534. The lowest BCUT2D eigenvalue weighted by atomic mass is 10.4. The molecule has 0 amide bonds. The Morgan fingerprint density at radius 3 is 1.54 bits per heavy atom. The molecule has 1 saturated heterocycles. The first-order chi connectivity index (χ1) is 6.47. The van der Waals surface area contributed by atoms with Crippen molar-refractivity contribution in [2.75, 3.05) is 26.2 Å². The largest absolute Gasteiger partial charge is 0.314 e. The number of hydrogen-bond donors (Lipinski definition) is 2. The van der Waals surface area contributed by atoms with E-state index in [9.17, 15) is 0 Å². The lowest BCUT2D eigenvalue weighted by Crippen LogP contribution is -2.39. The van der Waals surface area contributed by atoms with Gasteiger partial charge < -0.3 is 10.6 Å². The van der Waals surface area contributed by atoms with Gasteiger partial charge in [0.2, 0.25) is 0 Å². The van der Waals surface area contributed by atoms with E-state index in [1.54, 1.807) is 0 Å². The molecule has 1 aliphatic carbocycles. The molecule has 70 valence electrons. The number of rotatable bonds is 0.